The fourth-order valence-electron chi connectivity index (χ4n) is 2.72. The second-order valence-electron chi connectivity index (χ2n) is 6.30. The van der Waals surface area contributed by atoms with Crippen molar-refractivity contribution >= 4 is 21.6 Å². The van der Waals surface area contributed by atoms with E-state index in [0.29, 0.717) is 25.4 Å². The molecule has 0 heterocycles. The molecule has 0 aliphatic heterocycles. The van der Waals surface area contributed by atoms with Gasteiger partial charge in [-0.2, -0.15) is 4.31 Å². The standard InChI is InChI=1S/C21H27FN2O5S/c1-4-24(5-2)30(26,27)18-11-12-20(29-17-9-7-16(22)8-10-17)19(15-18)23-21(25)13-14-28-6-3/h7-12,15H,4-6,13-14H2,1-3H3,(H,23,25). The highest BCUT2D eigenvalue weighted by Gasteiger charge is 2.23. The zero-order valence-electron chi connectivity index (χ0n) is 17.4. The van der Waals surface area contributed by atoms with Crippen LogP contribution in [0.2, 0.25) is 0 Å². The van der Waals surface area contributed by atoms with Gasteiger partial charge in [0, 0.05) is 19.7 Å². The van der Waals surface area contributed by atoms with Crippen LogP contribution in [0, 0.1) is 5.82 Å². The van der Waals surface area contributed by atoms with Crippen molar-refractivity contribution in [3.05, 3.63) is 48.3 Å². The molecule has 0 aromatic heterocycles. The Morgan fingerprint density at radius 2 is 1.73 bits per heavy atom. The van der Waals surface area contributed by atoms with Crippen LogP contribution in [0.3, 0.4) is 0 Å². The molecule has 2 aromatic carbocycles. The number of amides is 1. The second-order valence-corrected chi connectivity index (χ2v) is 8.24. The molecule has 0 bridgehead atoms. The highest BCUT2D eigenvalue weighted by atomic mass is 32.2. The largest absolute Gasteiger partial charge is 0.455 e. The van der Waals surface area contributed by atoms with E-state index in [2.05, 4.69) is 5.32 Å². The minimum Gasteiger partial charge on any atom is -0.455 e. The van der Waals surface area contributed by atoms with Crippen LogP contribution < -0.4 is 10.1 Å². The molecule has 1 N–H and O–H groups in total. The Labute approximate surface area is 176 Å². The lowest BCUT2D eigenvalue weighted by atomic mass is 10.2. The van der Waals surface area contributed by atoms with Crippen molar-refractivity contribution in [1.82, 2.24) is 4.31 Å². The summed E-state index contributed by atoms with van der Waals surface area (Å²) in [7, 11) is -3.72. The van der Waals surface area contributed by atoms with Gasteiger partial charge in [-0.15, -0.1) is 0 Å². The molecule has 0 aliphatic rings. The van der Waals surface area contributed by atoms with Crippen LogP contribution in [0.15, 0.2) is 47.4 Å². The van der Waals surface area contributed by atoms with E-state index in [4.69, 9.17) is 9.47 Å². The first-order chi connectivity index (χ1) is 14.3. The Balaban J connectivity index is 2.37. The van der Waals surface area contributed by atoms with Gasteiger partial charge < -0.3 is 14.8 Å². The van der Waals surface area contributed by atoms with Gasteiger partial charge in [-0.05, 0) is 49.4 Å². The van der Waals surface area contributed by atoms with E-state index in [9.17, 15) is 17.6 Å². The third kappa shape index (κ3) is 6.25. The van der Waals surface area contributed by atoms with Crippen LogP contribution in [-0.4, -0.2) is 44.9 Å². The predicted molar refractivity (Wildman–Crippen MR) is 113 cm³/mol. The molecular weight excluding hydrogens is 411 g/mol. The topological polar surface area (TPSA) is 84.9 Å². The van der Waals surface area contributed by atoms with Crippen molar-refractivity contribution in [2.75, 3.05) is 31.6 Å². The van der Waals surface area contributed by atoms with Gasteiger partial charge in [0.1, 0.15) is 11.6 Å². The average molecular weight is 439 g/mol. The molecule has 1 amide bonds. The molecule has 9 heteroatoms. The molecule has 0 unspecified atom stereocenters. The molecule has 164 valence electrons. The number of halogens is 1. The van der Waals surface area contributed by atoms with Crippen molar-refractivity contribution in [3.63, 3.8) is 0 Å². The average Bonchev–Trinajstić information content (AvgIpc) is 2.71. The predicted octanol–water partition coefficient (Wildman–Crippen LogP) is 4.01. The number of nitrogens with one attached hydrogen (secondary N) is 1. The van der Waals surface area contributed by atoms with Crippen molar-refractivity contribution in [2.24, 2.45) is 0 Å². The third-order valence-corrected chi connectivity index (χ3v) is 6.33. The number of carbonyl (C=O) groups is 1. The monoisotopic (exact) mass is 438 g/mol. The van der Waals surface area contributed by atoms with Gasteiger partial charge in [0.05, 0.1) is 23.6 Å². The van der Waals surface area contributed by atoms with E-state index >= 15 is 0 Å². The molecule has 0 saturated carbocycles. The summed E-state index contributed by atoms with van der Waals surface area (Å²) in [5.41, 5.74) is 0.203. The van der Waals surface area contributed by atoms with Crippen molar-refractivity contribution in [1.29, 1.82) is 0 Å². The number of hydrogen-bond donors (Lipinski definition) is 1. The van der Waals surface area contributed by atoms with E-state index in [1.165, 1.54) is 46.8 Å². The van der Waals surface area contributed by atoms with E-state index < -0.39 is 15.8 Å². The molecule has 0 saturated heterocycles. The van der Waals surface area contributed by atoms with Gasteiger partial charge in [0.25, 0.3) is 0 Å². The van der Waals surface area contributed by atoms with Gasteiger partial charge >= 0.3 is 0 Å². The molecule has 0 atom stereocenters. The number of rotatable bonds is 11. The first-order valence-electron chi connectivity index (χ1n) is 9.77. The summed E-state index contributed by atoms with van der Waals surface area (Å²) in [6.07, 6.45) is 0.108. The fraction of sp³-hybridized carbons (Fsp3) is 0.381. The van der Waals surface area contributed by atoms with Crippen molar-refractivity contribution < 1.29 is 27.1 Å². The fourth-order valence-corrected chi connectivity index (χ4v) is 4.21. The van der Waals surface area contributed by atoms with Crippen LogP contribution in [0.1, 0.15) is 27.2 Å². The molecule has 7 nitrogen and oxygen atoms in total. The van der Waals surface area contributed by atoms with Crippen LogP contribution >= 0.6 is 0 Å². The van der Waals surface area contributed by atoms with Gasteiger partial charge in [-0.25, -0.2) is 12.8 Å². The van der Waals surface area contributed by atoms with Crippen LogP contribution in [0.5, 0.6) is 11.5 Å². The maximum atomic E-state index is 13.2. The number of benzene rings is 2. The number of carbonyl (C=O) groups excluding carboxylic acids is 1. The molecule has 0 aliphatic carbocycles. The minimum absolute atomic E-state index is 0.0396. The van der Waals surface area contributed by atoms with Crippen LogP contribution in [-0.2, 0) is 19.6 Å². The highest BCUT2D eigenvalue weighted by molar-refractivity contribution is 7.89. The van der Waals surface area contributed by atoms with E-state index in [-0.39, 0.29) is 35.3 Å². The molecule has 30 heavy (non-hydrogen) atoms. The van der Waals surface area contributed by atoms with E-state index in [0.717, 1.165) is 0 Å². The number of nitrogens with zero attached hydrogens (tertiary/aromatic N) is 1. The molecule has 0 spiro atoms. The summed E-state index contributed by atoms with van der Waals surface area (Å²) in [5.74, 6) is -0.164. The zero-order chi connectivity index (χ0) is 22.1. The van der Waals surface area contributed by atoms with Crippen LogP contribution in [0.25, 0.3) is 0 Å². The molecule has 0 radical (unpaired) electrons. The number of ether oxygens (including phenoxy) is 2. The Morgan fingerprint density at radius 1 is 1.07 bits per heavy atom. The van der Waals surface area contributed by atoms with Crippen molar-refractivity contribution in [2.45, 2.75) is 32.1 Å². The summed E-state index contributed by atoms with van der Waals surface area (Å²) < 4.78 is 51.1. The Bertz CT molecular complexity index is 944. The zero-order valence-corrected chi connectivity index (χ0v) is 18.2. The summed E-state index contributed by atoms with van der Waals surface area (Å²) in [5, 5.41) is 2.69. The SMILES string of the molecule is CCOCCC(=O)Nc1cc(S(=O)(=O)N(CC)CC)ccc1Oc1ccc(F)cc1. The molecule has 2 aromatic rings. The van der Waals surface area contributed by atoms with Gasteiger partial charge in [-0.1, -0.05) is 13.8 Å². The lowest BCUT2D eigenvalue weighted by molar-refractivity contribution is -0.117. The van der Waals surface area contributed by atoms with Gasteiger partial charge in [0.15, 0.2) is 5.75 Å². The van der Waals surface area contributed by atoms with E-state index in [1.807, 2.05) is 6.92 Å². The molecule has 2 rings (SSSR count). The quantitative estimate of drug-likeness (QED) is 0.536. The number of hydrogen-bond acceptors (Lipinski definition) is 5. The minimum atomic E-state index is -3.72. The maximum Gasteiger partial charge on any atom is 0.243 e. The Hall–Kier alpha value is -2.49. The number of anilines is 1. The third-order valence-electron chi connectivity index (χ3n) is 4.29. The van der Waals surface area contributed by atoms with Gasteiger partial charge in [0.2, 0.25) is 15.9 Å². The highest BCUT2D eigenvalue weighted by Crippen LogP contribution is 2.33. The first-order valence-corrected chi connectivity index (χ1v) is 11.2. The number of sulfonamides is 1. The second kappa shape index (κ2) is 11.1. The van der Waals surface area contributed by atoms with Crippen LogP contribution in [0.4, 0.5) is 10.1 Å². The maximum absolute atomic E-state index is 13.2. The summed E-state index contributed by atoms with van der Waals surface area (Å²) in [6, 6.07) is 9.63. The molecular formula is C21H27FN2O5S. The summed E-state index contributed by atoms with van der Waals surface area (Å²) >= 11 is 0. The smallest absolute Gasteiger partial charge is 0.243 e. The summed E-state index contributed by atoms with van der Waals surface area (Å²) in [4.78, 5) is 12.3. The summed E-state index contributed by atoms with van der Waals surface area (Å²) in [6.45, 7) is 6.71. The normalized spacial score (nSPS) is 11.5. The molecule has 0 fully saturated rings. The van der Waals surface area contributed by atoms with E-state index in [1.54, 1.807) is 13.8 Å². The van der Waals surface area contributed by atoms with Gasteiger partial charge in [-0.3, -0.25) is 4.79 Å². The lowest BCUT2D eigenvalue weighted by Gasteiger charge is -2.20. The lowest BCUT2D eigenvalue weighted by Crippen LogP contribution is -2.30. The Morgan fingerprint density at radius 3 is 2.33 bits per heavy atom. The first kappa shape index (κ1) is 23.8. The Kier molecular flexibility index (Phi) is 8.76. The van der Waals surface area contributed by atoms with Crippen molar-refractivity contribution in [3.8, 4) is 11.5 Å².